The van der Waals surface area contributed by atoms with Crippen molar-refractivity contribution >= 4 is 28.0 Å². The number of aliphatic carboxylic acids is 1. The third-order valence-corrected chi connectivity index (χ3v) is 4.41. The highest BCUT2D eigenvalue weighted by Crippen LogP contribution is 2.36. The number of alkyl halides is 1. The van der Waals surface area contributed by atoms with Crippen LogP contribution in [0.15, 0.2) is 0 Å². The van der Waals surface area contributed by atoms with Gasteiger partial charge in [0.25, 0.3) is 0 Å². The molecule has 0 bridgehead atoms. The van der Waals surface area contributed by atoms with Crippen LogP contribution in [0.3, 0.4) is 0 Å². The van der Waals surface area contributed by atoms with E-state index in [1.165, 1.54) is 0 Å². The number of carboxylic acid groups (broad SMARTS) is 1. The minimum Gasteiger partial charge on any atom is -0.481 e. The number of amides is 1. The average molecular weight is 322 g/mol. The predicted molar refractivity (Wildman–Crippen MR) is 70.9 cm³/mol. The standard InChI is InChI=1S/C12H20BrNO4/c1-11(2,3)18-10(17)14-6-5-12(4,9(15)16)8(13)7-14/h8H,5-7H2,1-4H3,(H,15,16). The fourth-order valence-corrected chi connectivity index (χ4v) is 2.52. The van der Waals surface area contributed by atoms with Gasteiger partial charge in [-0.1, -0.05) is 15.9 Å². The van der Waals surface area contributed by atoms with Crippen LogP contribution in [0.5, 0.6) is 0 Å². The molecule has 1 fully saturated rings. The van der Waals surface area contributed by atoms with E-state index in [-0.39, 0.29) is 10.9 Å². The number of nitrogens with zero attached hydrogens (tertiary/aromatic N) is 1. The van der Waals surface area contributed by atoms with Gasteiger partial charge in [0.15, 0.2) is 0 Å². The van der Waals surface area contributed by atoms with Crippen molar-refractivity contribution in [2.75, 3.05) is 13.1 Å². The fraction of sp³-hybridized carbons (Fsp3) is 0.833. The summed E-state index contributed by atoms with van der Waals surface area (Å²) in [5.41, 5.74) is -1.37. The van der Waals surface area contributed by atoms with Gasteiger partial charge in [0.1, 0.15) is 5.60 Å². The van der Waals surface area contributed by atoms with E-state index in [0.717, 1.165) is 0 Å². The molecule has 18 heavy (non-hydrogen) atoms. The molecule has 1 saturated heterocycles. The van der Waals surface area contributed by atoms with E-state index in [9.17, 15) is 14.7 Å². The second kappa shape index (κ2) is 5.07. The molecular formula is C12H20BrNO4. The lowest BCUT2D eigenvalue weighted by molar-refractivity contribution is -0.150. The molecule has 0 spiro atoms. The SMILES string of the molecule is CC(C)(C)OC(=O)N1CCC(C)(C(=O)O)C(Br)C1. The Bertz CT molecular complexity index is 352. The molecule has 1 rings (SSSR count). The van der Waals surface area contributed by atoms with Gasteiger partial charge >= 0.3 is 12.1 Å². The zero-order valence-electron chi connectivity index (χ0n) is 11.2. The highest BCUT2D eigenvalue weighted by atomic mass is 79.9. The molecule has 0 saturated carbocycles. The molecule has 0 aromatic rings. The number of carboxylic acids is 1. The zero-order valence-corrected chi connectivity index (χ0v) is 12.8. The summed E-state index contributed by atoms with van der Waals surface area (Å²) in [5.74, 6) is -0.840. The van der Waals surface area contributed by atoms with Crippen LogP contribution < -0.4 is 0 Å². The normalized spacial score (nSPS) is 28.9. The first-order valence-corrected chi connectivity index (χ1v) is 6.83. The lowest BCUT2D eigenvalue weighted by Gasteiger charge is -2.40. The van der Waals surface area contributed by atoms with Gasteiger partial charge in [0.2, 0.25) is 0 Å². The van der Waals surface area contributed by atoms with Gasteiger partial charge in [0.05, 0.1) is 5.41 Å². The Balaban J connectivity index is 2.67. The number of likely N-dealkylation sites (tertiary alicyclic amines) is 1. The molecular weight excluding hydrogens is 302 g/mol. The van der Waals surface area contributed by atoms with Gasteiger partial charge in [-0.2, -0.15) is 0 Å². The zero-order chi connectivity index (χ0) is 14.1. The van der Waals surface area contributed by atoms with Crippen LogP contribution in [0.2, 0.25) is 0 Å². The Morgan fingerprint density at radius 2 is 2.00 bits per heavy atom. The van der Waals surface area contributed by atoms with E-state index in [1.54, 1.807) is 11.8 Å². The fourth-order valence-electron chi connectivity index (χ4n) is 1.74. The van der Waals surface area contributed by atoms with Gasteiger partial charge in [0, 0.05) is 17.9 Å². The number of carbonyl (C=O) groups is 2. The largest absolute Gasteiger partial charge is 0.481 e. The molecule has 1 aliphatic heterocycles. The van der Waals surface area contributed by atoms with Crippen LogP contribution in [-0.2, 0) is 9.53 Å². The van der Waals surface area contributed by atoms with Gasteiger partial charge in [-0.15, -0.1) is 0 Å². The summed E-state index contributed by atoms with van der Waals surface area (Å²) in [7, 11) is 0. The summed E-state index contributed by atoms with van der Waals surface area (Å²) < 4.78 is 5.27. The maximum atomic E-state index is 11.9. The van der Waals surface area contributed by atoms with Crippen molar-refractivity contribution in [3.63, 3.8) is 0 Å². The van der Waals surface area contributed by atoms with Crippen molar-refractivity contribution in [3.05, 3.63) is 0 Å². The van der Waals surface area contributed by atoms with Gasteiger partial charge in [-0.3, -0.25) is 4.79 Å². The summed E-state index contributed by atoms with van der Waals surface area (Å²) in [6.45, 7) is 7.87. The Hall–Kier alpha value is -0.780. The molecule has 1 heterocycles. The highest BCUT2D eigenvalue weighted by molar-refractivity contribution is 9.09. The molecule has 5 nitrogen and oxygen atoms in total. The van der Waals surface area contributed by atoms with Crippen LogP contribution in [0, 0.1) is 5.41 Å². The number of carbonyl (C=O) groups excluding carboxylic acids is 1. The monoisotopic (exact) mass is 321 g/mol. The molecule has 1 aliphatic rings. The topological polar surface area (TPSA) is 66.8 Å². The molecule has 2 atom stereocenters. The molecule has 0 aromatic carbocycles. The predicted octanol–water partition coefficient (Wildman–Crippen LogP) is 2.48. The van der Waals surface area contributed by atoms with E-state index < -0.39 is 17.0 Å². The van der Waals surface area contributed by atoms with E-state index in [1.807, 2.05) is 20.8 Å². The molecule has 0 aromatic heterocycles. The first-order chi connectivity index (χ1) is 8.06. The average Bonchev–Trinajstić information content (AvgIpc) is 2.19. The number of piperidine rings is 1. The number of hydrogen-bond acceptors (Lipinski definition) is 3. The molecule has 0 radical (unpaired) electrons. The van der Waals surface area contributed by atoms with Crippen molar-refractivity contribution in [1.82, 2.24) is 4.90 Å². The number of hydrogen-bond donors (Lipinski definition) is 1. The second-order valence-corrected chi connectivity index (χ2v) is 6.97. The Morgan fingerprint density at radius 3 is 2.39 bits per heavy atom. The van der Waals surface area contributed by atoms with Crippen molar-refractivity contribution in [3.8, 4) is 0 Å². The third-order valence-electron chi connectivity index (χ3n) is 3.11. The minimum atomic E-state index is -0.840. The van der Waals surface area contributed by atoms with Crippen molar-refractivity contribution < 1.29 is 19.4 Å². The molecule has 6 heteroatoms. The molecule has 0 aliphatic carbocycles. The van der Waals surface area contributed by atoms with Crippen LogP contribution in [0.25, 0.3) is 0 Å². The molecule has 2 unspecified atom stereocenters. The van der Waals surface area contributed by atoms with Crippen molar-refractivity contribution in [2.45, 2.75) is 44.5 Å². The Morgan fingerprint density at radius 1 is 1.44 bits per heavy atom. The van der Waals surface area contributed by atoms with Gasteiger partial charge in [-0.25, -0.2) is 4.79 Å². The maximum Gasteiger partial charge on any atom is 0.410 e. The van der Waals surface area contributed by atoms with E-state index in [2.05, 4.69) is 15.9 Å². The van der Waals surface area contributed by atoms with Crippen LogP contribution in [-0.4, -0.2) is 45.6 Å². The molecule has 104 valence electrons. The lowest BCUT2D eigenvalue weighted by atomic mass is 9.80. The number of ether oxygens (including phenoxy) is 1. The summed E-state index contributed by atoms with van der Waals surface area (Å²) >= 11 is 3.37. The lowest BCUT2D eigenvalue weighted by Crippen LogP contribution is -2.53. The Kier molecular flexibility index (Phi) is 4.30. The molecule has 1 amide bonds. The smallest absolute Gasteiger partial charge is 0.410 e. The van der Waals surface area contributed by atoms with Crippen LogP contribution in [0.1, 0.15) is 34.1 Å². The summed E-state index contributed by atoms with van der Waals surface area (Å²) in [4.78, 5) is 24.4. The first-order valence-electron chi connectivity index (χ1n) is 5.91. The summed E-state index contributed by atoms with van der Waals surface area (Å²) in [6, 6.07) is 0. The number of halogens is 1. The quantitative estimate of drug-likeness (QED) is 0.753. The first kappa shape index (κ1) is 15.3. The van der Waals surface area contributed by atoms with E-state index >= 15 is 0 Å². The van der Waals surface area contributed by atoms with Gasteiger partial charge in [-0.05, 0) is 34.1 Å². The molecule has 1 N–H and O–H groups in total. The summed E-state index contributed by atoms with van der Waals surface area (Å²) in [6.07, 6.45) is 0.0247. The minimum absolute atomic E-state index is 0.274. The van der Waals surface area contributed by atoms with Crippen molar-refractivity contribution in [1.29, 1.82) is 0 Å². The second-order valence-electron chi connectivity index (χ2n) is 5.87. The summed E-state index contributed by atoms with van der Waals surface area (Å²) in [5, 5.41) is 9.21. The van der Waals surface area contributed by atoms with Crippen LogP contribution >= 0.6 is 15.9 Å². The van der Waals surface area contributed by atoms with Crippen molar-refractivity contribution in [2.24, 2.45) is 5.41 Å². The number of rotatable bonds is 1. The van der Waals surface area contributed by atoms with E-state index in [4.69, 9.17) is 4.74 Å². The third kappa shape index (κ3) is 3.37. The highest BCUT2D eigenvalue weighted by Gasteiger charge is 2.45. The van der Waals surface area contributed by atoms with Crippen LogP contribution in [0.4, 0.5) is 4.79 Å². The van der Waals surface area contributed by atoms with E-state index in [0.29, 0.717) is 19.5 Å². The maximum absolute atomic E-state index is 11.9. The van der Waals surface area contributed by atoms with Gasteiger partial charge < -0.3 is 14.7 Å². The Labute approximate surface area is 116 Å².